The molecule has 0 heterocycles. The van der Waals surface area contributed by atoms with E-state index in [-0.39, 0.29) is 11.9 Å². The van der Waals surface area contributed by atoms with E-state index >= 15 is 0 Å². The minimum absolute atomic E-state index is 0.0439. The summed E-state index contributed by atoms with van der Waals surface area (Å²) >= 11 is 0. The maximum absolute atomic E-state index is 12.2. The van der Waals surface area contributed by atoms with Crippen molar-refractivity contribution in [2.45, 2.75) is 51.5 Å². The summed E-state index contributed by atoms with van der Waals surface area (Å²) in [5.74, 6) is 0.687. The van der Waals surface area contributed by atoms with Crippen molar-refractivity contribution in [2.75, 3.05) is 6.54 Å². The van der Waals surface area contributed by atoms with Gasteiger partial charge >= 0.3 is 0 Å². The monoisotopic (exact) mass is 274 g/mol. The number of rotatable bonds is 5. The SMILES string of the molecule is C[C@H](NC(=O)c1ccc(CCN)cc1)C1CCCCC1. The van der Waals surface area contributed by atoms with Crippen molar-refractivity contribution < 1.29 is 4.79 Å². The summed E-state index contributed by atoms with van der Waals surface area (Å²) in [7, 11) is 0. The third kappa shape index (κ3) is 4.07. The zero-order valence-electron chi connectivity index (χ0n) is 12.4. The second-order valence-corrected chi connectivity index (χ2v) is 5.90. The lowest BCUT2D eigenvalue weighted by molar-refractivity contribution is 0.0919. The fourth-order valence-electron chi connectivity index (χ4n) is 3.03. The molecule has 1 aliphatic carbocycles. The van der Waals surface area contributed by atoms with E-state index in [0.717, 1.165) is 12.0 Å². The van der Waals surface area contributed by atoms with Crippen molar-refractivity contribution in [2.24, 2.45) is 11.7 Å². The van der Waals surface area contributed by atoms with E-state index in [1.807, 2.05) is 24.3 Å². The summed E-state index contributed by atoms with van der Waals surface area (Å²) in [6.07, 6.45) is 7.31. The van der Waals surface area contributed by atoms with Gasteiger partial charge in [0.2, 0.25) is 0 Å². The molecule has 1 atom stereocenters. The summed E-state index contributed by atoms with van der Waals surface area (Å²) in [5.41, 5.74) is 7.46. The van der Waals surface area contributed by atoms with Gasteiger partial charge in [0.15, 0.2) is 0 Å². The van der Waals surface area contributed by atoms with Gasteiger partial charge in [0.1, 0.15) is 0 Å². The molecule has 0 unspecified atom stereocenters. The minimum Gasteiger partial charge on any atom is -0.349 e. The molecule has 0 aliphatic heterocycles. The molecule has 0 saturated heterocycles. The Morgan fingerprint density at radius 1 is 1.25 bits per heavy atom. The molecule has 1 aromatic carbocycles. The standard InChI is InChI=1S/C17H26N2O/c1-13(15-5-3-2-4-6-15)19-17(20)16-9-7-14(8-10-16)11-12-18/h7-10,13,15H,2-6,11-12,18H2,1H3,(H,19,20)/t13-/m0/s1. The minimum atomic E-state index is 0.0439. The molecule has 1 aromatic rings. The molecule has 3 nitrogen and oxygen atoms in total. The van der Waals surface area contributed by atoms with Gasteiger partial charge in [0, 0.05) is 11.6 Å². The predicted octanol–water partition coefficient (Wildman–Crippen LogP) is 2.89. The smallest absolute Gasteiger partial charge is 0.251 e. The van der Waals surface area contributed by atoms with Crippen LogP contribution in [0.15, 0.2) is 24.3 Å². The Bertz CT molecular complexity index is 421. The van der Waals surface area contributed by atoms with Crippen molar-refractivity contribution in [3.8, 4) is 0 Å². The van der Waals surface area contributed by atoms with Gasteiger partial charge in [-0.15, -0.1) is 0 Å². The van der Waals surface area contributed by atoms with Crippen LogP contribution in [0.2, 0.25) is 0 Å². The Morgan fingerprint density at radius 3 is 2.50 bits per heavy atom. The van der Waals surface area contributed by atoms with Crippen molar-refractivity contribution >= 4 is 5.91 Å². The van der Waals surface area contributed by atoms with Crippen LogP contribution in [0.3, 0.4) is 0 Å². The number of benzene rings is 1. The molecule has 0 aromatic heterocycles. The maximum atomic E-state index is 12.2. The summed E-state index contributed by atoms with van der Waals surface area (Å²) in [4.78, 5) is 12.2. The molecule has 2 rings (SSSR count). The molecule has 110 valence electrons. The molecule has 1 fully saturated rings. The first-order valence-electron chi connectivity index (χ1n) is 7.80. The van der Waals surface area contributed by atoms with Crippen LogP contribution in [0.1, 0.15) is 54.9 Å². The molecular weight excluding hydrogens is 248 g/mol. The Labute approximate surface area is 121 Å². The van der Waals surface area contributed by atoms with Crippen LogP contribution in [-0.2, 0) is 6.42 Å². The van der Waals surface area contributed by atoms with Crippen LogP contribution in [0.5, 0.6) is 0 Å². The van der Waals surface area contributed by atoms with Crippen LogP contribution in [-0.4, -0.2) is 18.5 Å². The summed E-state index contributed by atoms with van der Waals surface area (Å²) in [5, 5.41) is 3.15. The number of carbonyl (C=O) groups is 1. The second-order valence-electron chi connectivity index (χ2n) is 5.90. The summed E-state index contributed by atoms with van der Waals surface area (Å²) in [6.45, 7) is 2.78. The summed E-state index contributed by atoms with van der Waals surface area (Å²) in [6, 6.07) is 8.05. The highest BCUT2D eigenvalue weighted by molar-refractivity contribution is 5.94. The fraction of sp³-hybridized carbons (Fsp3) is 0.588. The highest BCUT2D eigenvalue weighted by Gasteiger charge is 2.21. The first kappa shape index (κ1) is 15.0. The third-order valence-corrected chi connectivity index (χ3v) is 4.36. The Hall–Kier alpha value is -1.35. The number of nitrogens with one attached hydrogen (secondary N) is 1. The van der Waals surface area contributed by atoms with Gasteiger partial charge in [-0.2, -0.15) is 0 Å². The van der Waals surface area contributed by atoms with Crippen molar-refractivity contribution in [1.29, 1.82) is 0 Å². The Balaban J connectivity index is 1.89. The lowest BCUT2D eigenvalue weighted by atomic mass is 9.84. The van der Waals surface area contributed by atoms with E-state index in [1.54, 1.807) is 0 Å². The molecule has 1 aliphatic rings. The topological polar surface area (TPSA) is 55.1 Å². The molecule has 20 heavy (non-hydrogen) atoms. The Morgan fingerprint density at radius 2 is 1.90 bits per heavy atom. The van der Waals surface area contributed by atoms with Gasteiger partial charge in [-0.05, 0) is 56.3 Å². The lowest BCUT2D eigenvalue weighted by Crippen LogP contribution is -2.38. The van der Waals surface area contributed by atoms with Crippen LogP contribution in [0.4, 0.5) is 0 Å². The van der Waals surface area contributed by atoms with Gasteiger partial charge in [0.25, 0.3) is 5.91 Å². The molecular formula is C17H26N2O. The molecule has 0 radical (unpaired) electrons. The van der Waals surface area contributed by atoms with Gasteiger partial charge in [0.05, 0.1) is 0 Å². The van der Waals surface area contributed by atoms with Crippen molar-refractivity contribution in [3.05, 3.63) is 35.4 Å². The van der Waals surface area contributed by atoms with E-state index in [4.69, 9.17) is 5.73 Å². The van der Waals surface area contributed by atoms with E-state index in [1.165, 1.54) is 37.7 Å². The van der Waals surface area contributed by atoms with Crippen LogP contribution < -0.4 is 11.1 Å². The molecule has 3 heteroatoms. The van der Waals surface area contributed by atoms with E-state index in [9.17, 15) is 4.79 Å². The second kappa shape index (κ2) is 7.44. The van der Waals surface area contributed by atoms with Crippen LogP contribution in [0.25, 0.3) is 0 Å². The quantitative estimate of drug-likeness (QED) is 0.867. The Kier molecular flexibility index (Phi) is 5.60. The van der Waals surface area contributed by atoms with Gasteiger partial charge in [-0.1, -0.05) is 31.4 Å². The van der Waals surface area contributed by atoms with Crippen LogP contribution in [0, 0.1) is 5.92 Å². The average molecular weight is 274 g/mol. The summed E-state index contributed by atoms with van der Waals surface area (Å²) < 4.78 is 0. The first-order chi connectivity index (χ1) is 9.70. The maximum Gasteiger partial charge on any atom is 0.251 e. The van der Waals surface area contributed by atoms with Crippen molar-refractivity contribution in [1.82, 2.24) is 5.32 Å². The highest BCUT2D eigenvalue weighted by atomic mass is 16.1. The molecule has 0 bridgehead atoms. The van der Waals surface area contributed by atoms with Gasteiger partial charge < -0.3 is 11.1 Å². The van der Waals surface area contributed by atoms with Crippen LogP contribution >= 0.6 is 0 Å². The number of amides is 1. The number of hydrogen-bond acceptors (Lipinski definition) is 2. The lowest BCUT2D eigenvalue weighted by Gasteiger charge is -2.28. The largest absolute Gasteiger partial charge is 0.349 e. The zero-order chi connectivity index (χ0) is 14.4. The number of nitrogens with two attached hydrogens (primary N) is 1. The van der Waals surface area contributed by atoms with E-state index < -0.39 is 0 Å². The van der Waals surface area contributed by atoms with Gasteiger partial charge in [-0.3, -0.25) is 4.79 Å². The number of carbonyl (C=O) groups excluding carboxylic acids is 1. The fourth-order valence-corrected chi connectivity index (χ4v) is 3.03. The molecule has 3 N–H and O–H groups in total. The van der Waals surface area contributed by atoms with Gasteiger partial charge in [-0.25, -0.2) is 0 Å². The van der Waals surface area contributed by atoms with E-state index in [0.29, 0.717) is 12.5 Å². The normalized spacial score (nSPS) is 17.7. The van der Waals surface area contributed by atoms with Crippen molar-refractivity contribution in [3.63, 3.8) is 0 Å². The first-order valence-corrected chi connectivity index (χ1v) is 7.80. The molecule has 1 amide bonds. The molecule has 0 spiro atoms. The zero-order valence-corrected chi connectivity index (χ0v) is 12.4. The number of hydrogen-bond donors (Lipinski definition) is 2. The third-order valence-electron chi connectivity index (χ3n) is 4.36. The highest BCUT2D eigenvalue weighted by Crippen LogP contribution is 2.26. The predicted molar refractivity (Wildman–Crippen MR) is 82.7 cm³/mol. The van der Waals surface area contributed by atoms with E-state index in [2.05, 4.69) is 12.2 Å². The molecule has 1 saturated carbocycles. The average Bonchev–Trinajstić information content (AvgIpc) is 2.49.